The number of benzene rings is 1. The Balaban J connectivity index is 2.95. The van der Waals surface area contributed by atoms with Crippen LogP contribution in [0.5, 0.6) is 0 Å². The summed E-state index contributed by atoms with van der Waals surface area (Å²) in [5.41, 5.74) is 1.22. The van der Waals surface area contributed by atoms with Gasteiger partial charge in [0.15, 0.2) is 0 Å². The van der Waals surface area contributed by atoms with Gasteiger partial charge in [-0.25, -0.2) is 0 Å². The number of hydrogen-bond donors (Lipinski definition) is 0. The molecule has 0 radical (unpaired) electrons. The predicted molar refractivity (Wildman–Crippen MR) is 48.6 cm³/mol. The van der Waals surface area contributed by atoms with E-state index in [2.05, 4.69) is 44.5 Å². The van der Waals surface area contributed by atoms with Crippen LogP contribution in [0, 0.1) is 0 Å². The Morgan fingerprint density at radius 2 is 2.27 bits per heavy atom. The summed E-state index contributed by atoms with van der Waals surface area (Å²) in [5.74, 6) is 0. The topological polar surface area (TPSA) is 3.24 Å². The van der Waals surface area contributed by atoms with Crippen molar-refractivity contribution in [2.75, 3.05) is 11.9 Å². The first kappa shape index (κ1) is 9.15. The molecule has 3 heteroatoms. The molecule has 1 aromatic rings. The molecule has 0 amide bonds. The van der Waals surface area contributed by atoms with Gasteiger partial charge in [-0.15, -0.1) is 0 Å². The Labute approximate surface area is 85.9 Å². The maximum atomic E-state index is 3.43. The van der Waals surface area contributed by atoms with Gasteiger partial charge in [-0.1, -0.05) is 0 Å². The molecule has 0 aliphatic carbocycles. The second-order valence-corrected chi connectivity index (χ2v) is 3.87. The fourth-order valence-corrected chi connectivity index (χ4v) is 1.58. The summed E-state index contributed by atoms with van der Waals surface area (Å²) in [6.07, 6.45) is 0. The summed E-state index contributed by atoms with van der Waals surface area (Å²) in [6.45, 7) is 0. The molecule has 0 atom stereocenters. The molecule has 0 saturated carbocycles. The fourth-order valence-electron chi connectivity index (χ4n) is 0.756. The van der Waals surface area contributed by atoms with Crippen LogP contribution in [-0.4, -0.2) is 11.6 Å². The molecule has 0 saturated heterocycles. The minimum atomic E-state index is 1.12. The summed E-state index contributed by atoms with van der Waals surface area (Å²) >= 11 is 4.89. The first-order valence-corrected chi connectivity index (χ1v) is 5.66. The normalized spacial score (nSPS) is 9.27. The average molecular weight is 382 g/mol. The molecular weight excluding hydrogens is 374 g/mol. The van der Waals surface area contributed by atoms with Crippen LogP contribution in [0.25, 0.3) is 0 Å². The molecule has 0 aromatic heterocycles. The zero-order valence-electron chi connectivity index (χ0n) is 6.12. The van der Waals surface area contributed by atoms with Crippen LogP contribution in [0.1, 0.15) is 0 Å². The van der Waals surface area contributed by atoms with Crippen molar-refractivity contribution in [2.45, 2.75) is 0 Å². The minimum absolute atomic E-state index is 1.12. The van der Waals surface area contributed by atoms with E-state index in [9.17, 15) is 0 Å². The van der Waals surface area contributed by atoms with E-state index < -0.39 is 0 Å². The third kappa shape index (κ3) is 2.53. The maximum absolute atomic E-state index is 3.43. The van der Waals surface area contributed by atoms with Gasteiger partial charge in [0, 0.05) is 0 Å². The standard InChI is InChI=1S/C8H8BrN.W/c1-10(2)8-5-3-4-7(9)6-8;/h1,3-6H,2H3;. The van der Waals surface area contributed by atoms with Gasteiger partial charge in [-0.3, -0.25) is 0 Å². The summed E-state index contributed by atoms with van der Waals surface area (Å²) in [7, 11) is 2.05. The van der Waals surface area contributed by atoms with E-state index in [1.165, 1.54) is 25.0 Å². The van der Waals surface area contributed by atoms with Crippen LogP contribution in [-0.2, 0) is 19.4 Å². The van der Waals surface area contributed by atoms with Crippen LogP contribution < -0.4 is 4.90 Å². The third-order valence-corrected chi connectivity index (χ3v) is 3.00. The van der Waals surface area contributed by atoms with Gasteiger partial charge in [0.2, 0.25) is 0 Å². The monoisotopic (exact) mass is 381 g/mol. The van der Waals surface area contributed by atoms with Crippen molar-refractivity contribution in [3.63, 3.8) is 0 Å². The van der Waals surface area contributed by atoms with E-state index in [1.807, 2.05) is 12.1 Å². The molecule has 0 bridgehead atoms. The van der Waals surface area contributed by atoms with E-state index in [0.29, 0.717) is 0 Å². The third-order valence-electron chi connectivity index (χ3n) is 1.37. The number of nitrogens with zero attached hydrogens (tertiary/aromatic N) is 1. The second kappa shape index (κ2) is 4.18. The molecule has 0 aliphatic heterocycles. The van der Waals surface area contributed by atoms with Crippen molar-refractivity contribution < 1.29 is 19.4 Å². The van der Waals surface area contributed by atoms with E-state index in [-0.39, 0.29) is 0 Å². The number of halogens is 1. The zero-order valence-corrected chi connectivity index (χ0v) is 10.6. The van der Waals surface area contributed by atoms with Gasteiger partial charge >= 0.3 is 86.2 Å². The van der Waals surface area contributed by atoms with Crippen molar-refractivity contribution in [2.24, 2.45) is 0 Å². The summed E-state index contributed by atoms with van der Waals surface area (Å²) < 4.78 is 3.24. The molecule has 0 spiro atoms. The quantitative estimate of drug-likeness (QED) is 0.759. The molecule has 0 unspecified atom stereocenters. The van der Waals surface area contributed by atoms with Gasteiger partial charge < -0.3 is 0 Å². The van der Waals surface area contributed by atoms with Crippen molar-refractivity contribution in [3.8, 4) is 0 Å². The van der Waals surface area contributed by atoms with E-state index in [1.54, 1.807) is 0 Å². The molecule has 1 aromatic carbocycles. The summed E-state index contributed by atoms with van der Waals surface area (Å²) in [5, 5.41) is 0. The first-order chi connectivity index (χ1) is 5.24. The van der Waals surface area contributed by atoms with Crippen molar-refractivity contribution in [3.05, 3.63) is 28.7 Å². The van der Waals surface area contributed by atoms with Gasteiger partial charge in [0.1, 0.15) is 0 Å². The number of rotatable bonds is 2. The Morgan fingerprint density at radius 1 is 1.55 bits per heavy atom. The second-order valence-electron chi connectivity index (χ2n) is 2.20. The molecule has 0 aliphatic rings. The Kier molecular flexibility index (Phi) is 3.47. The van der Waals surface area contributed by atoms with Crippen LogP contribution in [0.3, 0.4) is 0 Å². The molecule has 11 heavy (non-hydrogen) atoms. The molecular formula is C8H8BrNW. The van der Waals surface area contributed by atoms with E-state index >= 15 is 0 Å². The van der Waals surface area contributed by atoms with Crippen molar-refractivity contribution >= 4 is 26.1 Å². The molecule has 0 heterocycles. The summed E-state index contributed by atoms with van der Waals surface area (Å²) in [4.78, 5) is 2.11. The fraction of sp³-hybridized carbons (Fsp3) is 0.125. The van der Waals surface area contributed by atoms with Gasteiger partial charge in [0.05, 0.1) is 0 Å². The molecule has 0 N–H and O–H groups in total. The molecule has 58 valence electrons. The van der Waals surface area contributed by atoms with Gasteiger partial charge in [0.25, 0.3) is 0 Å². The Morgan fingerprint density at radius 3 is 2.82 bits per heavy atom. The SMILES string of the molecule is CN([CH]=[W])c1cccc(Br)c1. The van der Waals surface area contributed by atoms with Gasteiger partial charge in [-0.05, 0) is 0 Å². The number of hydrogen-bond acceptors (Lipinski definition) is 1. The van der Waals surface area contributed by atoms with E-state index in [0.717, 1.165) is 4.47 Å². The van der Waals surface area contributed by atoms with E-state index in [4.69, 9.17) is 0 Å². The van der Waals surface area contributed by atoms with Crippen molar-refractivity contribution in [1.82, 2.24) is 0 Å². The molecule has 1 nitrogen and oxygen atoms in total. The van der Waals surface area contributed by atoms with Crippen LogP contribution in [0.15, 0.2) is 28.7 Å². The molecule has 0 fully saturated rings. The van der Waals surface area contributed by atoms with Crippen LogP contribution in [0.4, 0.5) is 5.69 Å². The predicted octanol–water partition coefficient (Wildman–Crippen LogP) is 2.19. The summed E-state index contributed by atoms with van der Waals surface area (Å²) in [6, 6.07) is 8.25. The van der Waals surface area contributed by atoms with Crippen molar-refractivity contribution in [1.29, 1.82) is 0 Å². The number of anilines is 1. The molecule has 1 rings (SSSR count). The first-order valence-electron chi connectivity index (χ1n) is 3.18. The van der Waals surface area contributed by atoms with Crippen LogP contribution in [0.2, 0.25) is 0 Å². The Hall–Kier alpha value is 0.0583. The Bertz CT molecular complexity index is 262. The average Bonchev–Trinajstić information content (AvgIpc) is 2.03. The van der Waals surface area contributed by atoms with Crippen LogP contribution >= 0.6 is 15.9 Å². The zero-order chi connectivity index (χ0) is 8.27. The van der Waals surface area contributed by atoms with Gasteiger partial charge in [-0.2, -0.15) is 0 Å².